The van der Waals surface area contributed by atoms with Crippen LogP contribution in [-0.4, -0.2) is 40.9 Å². The van der Waals surface area contributed by atoms with Gasteiger partial charge in [0.05, 0.1) is 6.10 Å². The second-order valence-corrected chi connectivity index (χ2v) is 12.8. The molecule has 0 amide bonds. The number of hydrogen-bond acceptors (Lipinski definition) is 3. The Morgan fingerprint density at radius 2 is 1.56 bits per heavy atom. The molecule has 6 atom stereocenters. The van der Waals surface area contributed by atoms with Crippen LogP contribution in [0, 0.1) is 23.2 Å². The van der Waals surface area contributed by atoms with Crippen molar-refractivity contribution in [3.8, 4) is 5.75 Å². The van der Waals surface area contributed by atoms with Crippen LogP contribution in [0.3, 0.4) is 0 Å². The van der Waals surface area contributed by atoms with Gasteiger partial charge < -0.3 is 15.1 Å². The molecule has 0 saturated heterocycles. The zero-order valence-electron chi connectivity index (χ0n) is 23.7. The highest BCUT2D eigenvalue weighted by molar-refractivity contribution is 5.40. The molecule has 2 saturated carbocycles. The predicted molar refractivity (Wildman–Crippen MR) is 152 cm³/mol. The Bertz CT molecular complexity index is 805. The van der Waals surface area contributed by atoms with Crippen LogP contribution in [0.4, 0.5) is 0 Å². The maximum absolute atomic E-state index is 10.9. The summed E-state index contributed by atoms with van der Waals surface area (Å²) in [5, 5.41) is 21.0. The lowest BCUT2D eigenvalue weighted by atomic mass is 9.52. The summed E-state index contributed by atoms with van der Waals surface area (Å²) in [6.45, 7) is 10.6. The zero-order valence-corrected chi connectivity index (χ0v) is 23.7. The van der Waals surface area contributed by atoms with E-state index in [-0.39, 0.29) is 11.5 Å². The molecule has 1 aromatic carbocycles. The van der Waals surface area contributed by atoms with Gasteiger partial charge in [-0.05, 0) is 117 Å². The number of benzene rings is 1. The monoisotopic (exact) mass is 497 g/mol. The molecular weight excluding hydrogens is 442 g/mol. The number of phenolic OH excluding ortho intramolecular Hbond substituents is 1. The summed E-state index contributed by atoms with van der Waals surface area (Å²) in [5.41, 5.74) is 3.04. The summed E-state index contributed by atoms with van der Waals surface area (Å²) in [6.07, 6.45) is 19.4. The first-order chi connectivity index (χ1) is 17.5. The van der Waals surface area contributed by atoms with Gasteiger partial charge in [-0.3, -0.25) is 0 Å². The number of fused-ring (bicyclic) bond motifs is 5. The quantitative estimate of drug-likeness (QED) is 0.255. The molecule has 204 valence electrons. The van der Waals surface area contributed by atoms with Crippen molar-refractivity contribution < 1.29 is 10.2 Å². The van der Waals surface area contributed by atoms with Crippen molar-refractivity contribution in [2.45, 2.75) is 129 Å². The summed E-state index contributed by atoms with van der Waals surface area (Å²) < 4.78 is 0. The standard InChI is InChI=1S/C33H55NO2/c1-4-34(5-2)22-14-12-10-8-6-7-9-11-13-15-25-23-26-24-27(35)16-17-28(26)29-20-21-33(3)30(32(25)29)18-19-31(33)36/h16-17,24-25,29-32,35-36H,4-15,18-23H2,1-3H3/t25-,29-,30+,31+,32-,33+/m1/s1. The smallest absolute Gasteiger partial charge is 0.115 e. The third-order valence-corrected chi connectivity index (χ3v) is 10.8. The van der Waals surface area contributed by atoms with Crippen molar-refractivity contribution in [3.05, 3.63) is 29.3 Å². The fourth-order valence-corrected chi connectivity index (χ4v) is 8.55. The molecule has 36 heavy (non-hydrogen) atoms. The van der Waals surface area contributed by atoms with Crippen molar-refractivity contribution in [2.24, 2.45) is 23.2 Å². The fourth-order valence-electron chi connectivity index (χ4n) is 8.55. The maximum atomic E-state index is 10.9. The lowest BCUT2D eigenvalue weighted by Crippen LogP contribution is -2.47. The van der Waals surface area contributed by atoms with Crippen LogP contribution < -0.4 is 0 Å². The molecule has 3 aliphatic carbocycles. The van der Waals surface area contributed by atoms with Crippen molar-refractivity contribution in [2.75, 3.05) is 19.6 Å². The highest BCUT2D eigenvalue weighted by atomic mass is 16.3. The van der Waals surface area contributed by atoms with E-state index in [4.69, 9.17) is 0 Å². The van der Waals surface area contributed by atoms with Crippen LogP contribution in [-0.2, 0) is 6.42 Å². The molecule has 1 aromatic rings. The van der Waals surface area contributed by atoms with E-state index in [0.29, 0.717) is 29.4 Å². The normalized spacial score (nSPS) is 31.3. The van der Waals surface area contributed by atoms with Gasteiger partial charge in [0.15, 0.2) is 0 Å². The molecule has 4 rings (SSSR count). The predicted octanol–water partition coefficient (Wildman–Crippen LogP) is 8.08. The summed E-state index contributed by atoms with van der Waals surface area (Å²) in [6, 6.07) is 6.17. The summed E-state index contributed by atoms with van der Waals surface area (Å²) in [7, 11) is 0. The Balaban J connectivity index is 1.22. The van der Waals surface area contributed by atoms with Crippen LogP contribution in [0.15, 0.2) is 18.2 Å². The van der Waals surface area contributed by atoms with Crippen LogP contribution in [0.1, 0.15) is 128 Å². The first-order valence-electron chi connectivity index (χ1n) is 15.7. The number of hydrogen-bond donors (Lipinski definition) is 2. The van der Waals surface area contributed by atoms with E-state index in [9.17, 15) is 10.2 Å². The zero-order chi connectivity index (χ0) is 25.5. The second kappa shape index (κ2) is 13.1. The van der Waals surface area contributed by atoms with Gasteiger partial charge in [-0.2, -0.15) is 0 Å². The van der Waals surface area contributed by atoms with Crippen molar-refractivity contribution in [1.82, 2.24) is 4.90 Å². The third kappa shape index (κ3) is 6.32. The van der Waals surface area contributed by atoms with E-state index in [1.807, 2.05) is 6.07 Å². The average molecular weight is 498 g/mol. The highest BCUT2D eigenvalue weighted by Gasteiger charge is 2.56. The van der Waals surface area contributed by atoms with E-state index in [1.54, 1.807) is 0 Å². The molecule has 0 heterocycles. The molecule has 3 nitrogen and oxygen atoms in total. The Kier molecular flexibility index (Phi) is 10.2. The number of unbranched alkanes of at least 4 members (excludes halogenated alkanes) is 8. The van der Waals surface area contributed by atoms with Gasteiger partial charge in [-0.25, -0.2) is 0 Å². The number of phenols is 1. The van der Waals surface area contributed by atoms with E-state index in [0.717, 1.165) is 19.3 Å². The Labute approximate surface area is 222 Å². The topological polar surface area (TPSA) is 43.7 Å². The van der Waals surface area contributed by atoms with Gasteiger partial charge >= 0.3 is 0 Å². The first-order valence-corrected chi connectivity index (χ1v) is 15.7. The SMILES string of the molecule is CCN(CC)CCCCCCCCCCC[C@@H]1Cc2cc(O)ccc2[C@H]2CC[C@]3(C)[C@@H](O)CC[C@H]3[C@H]12. The number of aliphatic hydroxyl groups excluding tert-OH is 1. The van der Waals surface area contributed by atoms with Crippen LogP contribution in [0.2, 0.25) is 0 Å². The van der Waals surface area contributed by atoms with E-state index >= 15 is 0 Å². The molecule has 0 aromatic heterocycles. The molecule has 0 bridgehead atoms. The van der Waals surface area contributed by atoms with Gasteiger partial charge in [-0.1, -0.05) is 78.2 Å². The number of aliphatic hydroxyl groups is 1. The fraction of sp³-hybridized carbons (Fsp3) is 0.818. The van der Waals surface area contributed by atoms with Crippen molar-refractivity contribution >= 4 is 0 Å². The van der Waals surface area contributed by atoms with E-state index in [1.165, 1.54) is 108 Å². The van der Waals surface area contributed by atoms with Crippen molar-refractivity contribution in [3.63, 3.8) is 0 Å². The molecule has 3 aliphatic rings. The lowest BCUT2D eigenvalue weighted by Gasteiger charge is -2.53. The van der Waals surface area contributed by atoms with Gasteiger partial charge in [0, 0.05) is 0 Å². The third-order valence-electron chi connectivity index (χ3n) is 10.8. The number of rotatable bonds is 14. The van der Waals surface area contributed by atoms with E-state index < -0.39 is 0 Å². The van der Waals surface area contributed by atoms with E-state index in [2.05, 4.69) is 37.8 Å². The van der Waals surface area contributed by atoms with Crippen LogP contribution >= 0.6 is 0 Å². The molecule has 0 spiro atoms. The first kappa shape index (κ1) is 28.0. The molecule has 0 aliphatic heterocycles. The molecule has 0 unspecified atom stereocenters. The van der Waals surface area contributed by atoms with Gasteiger partial charge in [0.25, 0.3) is 0 Å². The Morgan fingerprint density at radius 1 is 0.889 bits per heavy atom. The number of aromatic hydroxyl groups is 1. The van der Waals surface area contributed by atoms with Gasteiger partial charge in [0.1, 0.15) is 5.75 Å². The number of nitrogens with zero attached hydrogens (tertiary/aromatic N) is 1. The highest BCUT2D eigenvalue weighted by Crippen LogP contribution is 2.62. The molecule has 2 fully saturated rings. The molecular formula is C33H55NO2. The second-order valence-electron chi connectivity index (χ2n) is 12.8. The van der Waals surface area contributed by atoms with Crippen molar-refractivity contribution in [1.29, 1.82) is 0 Å². The van der Waals surface area contributed by atoms with Gasteiger partial charge in [0.2, 0.25) is 0 Å². The van der Waals surface area contributed by atoms with Crippen LogP contribution in [0.5, 0.6) is 5.75 Å². The largest absolute Gasteiger partial charge is 0.508 e. The summed E-state index contributed by atoms with van der Waals surface area (Å²) in [5.74, 6) is 3.15. The lowest BCUT2D eigenvalue weighted by molar-refractivity contribution is -0.0396. The Hall–Kier alpha value is -1.06. The molecule has 3 heteroatoms. The molecule has 2 N–H and O–H groups in total. The van der Waals surface area contributed by atoms with Gasteiger partial charge in [-0.15, -0.1) is 0 Å². The minimum absolute atomic E-state index is 0.109. The minimum Gasteiger partial charge on any atom is -0.508 e. The average Bonchev–Trinajstić information content (AvgIpc) is 3.18. The minimum atomic E-state index is -0.109. The molecule has 0 radical (unpaired) electrons. The summed E-state index contributed by atoms with van der Waals surface area (Å²) >= 11 is 0. The van der Waals surface area contributed by atoms with Crippen LogP contribution in [0.25, 0.3) is 0 Å². The maximum Gasteiger partial charge on any atom is 0.115 e. The summed E-state index contributed by atoms with van der Waals surface area (Å²) in [4.78, 5) is 2.54. The Morgan fingerprint density at radius 3 is 2.25 bits per heavy atom.